The van der Waals surface area contributed by atoms with E-state index in [1.165, 1.54) is 24.5 Å². The van der Waals surface area contributed by atoms with Gasteiger partial charge in [0.05, 0.1) is 10.6 Å². The molecule has 0 aliphatic rings. The van der Waals surface area contributed by atoms with Crippen molar-refractivity contribution in [2.45, 2.75) is 4.90 Å². The van der Waals surface area contributed by atoms with E-state index in [1.807, 2.05) is 0 Å². The van der Waals surface area contributed by atoms with E-state index in [0.29, 0.717) is 5.69 Å². The summed E-state index contributed by atoms with van der Waals surface area (Å²) < 4.78 is 33.0. The van der Waals surface area contributed by atoms with Crippen molar-refractivity contribution in [2.24, 2.45) is 0 Å². The van der Waals surface area contributed by atoms with Crippen LogP contribution in [0.15, 0.2) is 47.6 Å². The molecule has 7 heteroatoms. The summed E-state index contributed by atoms with van der Waals surface area (Å²) >= 11 is 0. The third-order valence-corrected chi connectivity index (χ3v) is 2.82. The first-order valence-electron chi connectivity index (χ1n) is 4.41. The van der Waals surface area contributed by atoms with Crippen molar-refractivity contribution in [3.8, 4) is 11.4 Å². The van der Waals surface area contributed by atoms with Crippen LogP contribution in [0.4, 0.5) is 0 Å². The monoisotopic (exact) mass is 258 g/mol. The molecule has 0 spiro atoms. The Kier molecular flexibility index (Phi) is 4.79. The Morgan fingerprint density at radius 3 is 2.29 bits per heavy atom. The molecule has 0 atom stereocenters. The van der Waals surface area contributed by atoms with E-state index >= 15 is 0 Å². The molecule has 82 valence electrons. The van der Waals surface area contributed by atoms with Gasteiger partial charge in [0, 0.05) is 12.4 Å². The van der Waals surface area contributed by atoms with Gasteiger partial charge in [-0.3, -0.25) is 9.97 Å². The molecule has 2 rings (SSSR count). The van der Waals surface area contributed by atoms with Crippen LogP contribution < -0.4 is 29.6 Å². The summed E-state index contributed by atoms with van der Waals surface area (Å²) in [6, 6.07) is 7.60. The molecule has 0 radical (unpaired) electrons. The van der Waals surface area contributed by atoms with Gasteiger partial charge in [0.25, 0.3) is 0 Å². The van der Waals surface area contributed by atoms with Crippen LogP contribution in [-0.4, -0.2) is 22.9 Å². The van der Waals surface area contributed by atoms with E-state index < -0.39 is 10.1 Å². The number of hydrogen-bond donors (Lipinski definition) is 0. The van der Waals surface area contributed by atoms with Crippen LogP contribution in [0.3, 0.4) is 0 Å². The molecule has 0 amide bonds. The van der Waals surface area contributed by atoms with Crippen molar-refractivity contribution in [1.82, 2.24) is 9.97 Å². The molecule has 0 aliphatic heterocycles. The third kappa shape index (κ3) is 3.34. The molecule has 2 aromatic rings. The Balaban J connectivity index is 0.00000144. The summed E-state index contributed by atoms with van der Waals surface area (Å²) in [6.07, 6.45) is 2.92. The Hall–Kier alpha value is -0.790. The van der Waals surface area contributed by atoms with E-state index in [0.717, 1.165) is 0 Å². The summed E-state index contributed by atoms with van der Waals surface area (Å²) in [7, 11) is -4.53. The van der Waals surface area contributed by atoms with Gasteiger partial charge in [0.2, 0.25) is 0 Å². The summed E-state index contributed by atoms with van der Waals surface area (Å²) in [5, 5.41) is 0. The number of hydrogen-bond acceptors (Lipinski definition) is 5. The summed E-state index contributed by atoms with van der Waals surface area (Å²) in [6.45, 7) is 0. The maximum Gasteiger partial charge on any atom is 1.00 e. The second-order valence-corrected chi connectivity index (χ2v) is 4.37. The minimum atomic E-state index is -4.53. The van der Waals surface area contributed by atoms with E-state index in [2.05, 4.69) is 9.97 Å². The molecule has 0 bridgehead atoms. The molecular formula is C10H7N2NaO3S. The number of aromatic nitrogens is 2. The Bertz CT molecular complexity index is 602. The standard InChI is InChI=1S/C10H8N2O3S.Na/c13-16(14,15)9-5-3-7-12-10(9)8-4-1-2-6-11-8;/h1-7H,(H,13,14,15);/q;+1/p-1. The van der Waals surface area contributed by atoms with E-state index in [9.17, 15) is 13.0 Å². The topological polar surface area (TPSA) is 83.0 Å². The van der Waals surface area contributed by atoms with Gasteiger partial charge >= 0.3 is 29.6 Å². The summed E-state index contributed by atoms with van der Waals surface area (Å²) in [4.78, 5) is 7.48. The van der Waals surface area contributed by atoms with Crippen LogP contribution in [0.2, 0.25) is 0 Å². The second kappa shape index (κ2) is 5.70. The van der Waals surface area contributed by atoms with E-state index in [-0.39, 0.29) is 40.1 Å². The van der Waals surface area contributed by atoms with Crippen molar-refractivity contribution in [3.05, 3.63) is 42.7 Å². The van der Waals surface area contributed by atoms with Crippen LogP contribution in [0.25, 0.3) is 11.4 Å². The predicted molar refractivity (Wildman–Crippen MR) is 55.4 cm³/mol. The molecular weight excluding hydrogens is 251 g/mol. The average Bonchev–Trinajstić information content (AvgIpc) is 2.29. The zero-order valence-corrected chi connectivity index (χ0v) is 11.9. The molecule has 2 heterocycles. The zero-order valence-electron chi connectivity index (χ0n) is 9.07. The molecule has 0 saturated carbocycles. The van der Waals surface area contributed by atoms with Crippen molar-refractivity contribution in [3.63, 3.8) is 0 Å². The van der Waals surface area contributed by atoms with Gasteiger partial charge in [-0.25, -0.2) is 8.42 Å². The molecule has 2 aromatic heterocycles. The van der Waals surface area contributed by atoms with E-state index in [1.54, 1.807) is 18.2 Å². The molecule has 0 saturated heterocycles. The van der Waals surface area contributed by atoms with Crippen LogP contribution in [-0.2, 0) is 10.1 Å². The van der Waals surface area contributed by atoms with Gasteiger partial charge in [0.1, 0.15) is 15.8 Å². The zero-order chi connectivity index (χ0) is 11.6. The fraction of sp³-hybridized carbons (Fsp3) is 0. The summed E-state index contributed by atoms with van der Waals surface area (Å²) in [5.41, 5.74) is 0.440. The van der Waals surface area contributed by atoms with Gasteiger partial charge in [-0.05, 0) is 24.3 Å². The molecule has 17 heavy (non-hydrogen) atoms. The number of nitrogens with zero attached hydrogens (tertiary/aromatic N) is 2. The first kappa shape index (κ1) is 14.3. The van der Waals surface area contributed by atoms with Gasteiger partial charge in [-0.2, -0.15) is 0 Å². The van der Waals surface area contributed by atoms with Gasteiger partial charge in [-0.1, -0.05) is 6.07 Å². The molecule has 5 nitrogen and oxygen atoms in total. The predicted octanol–water partition coefficient (Wildman–Crippen LogP) is -1.95. The number of pyridine rings is 2. The minimum Gasteiger partial charge on any atom is -0.744 e. The van der Waals surface area contributed by atoms with E-state index in [4.69, 9.17) is 0 Å². The van der Waals surface area contributed by atoms with Crippen molar-refractivity contribution in [2.75, 3.05) is 0 Å². The first-order valence-corrected chi connectivity index (χ1v) is 5.82. The molecule has 0 N–H and O–H groups in total. The van der Waals surface area contributed by atoms with Gasteiger partial charge in [0.15, 0.2) is 0 Å². The Morgan fingerprint density at radius 1 is 1.00 bits per heavy atom. The number of rotatable bonds is 2. The Labute approximate surface area is 121 Å². The largest absolute Gasteiger partial charge is 1.00 e. The molecule has 0 aromatic carbocycles. The smallest absolute Gasteiger partial charge is 0.744 e. The van der Waals surface area contributed by atoms with Crippen LogP contribution in [0.5, 0.6) is 0 Å². The van der Waals surface area contributed by atoms with Crippen LogP contribution >= 0.6 is 0 Å². The van der Waals surface area contributed by atoms with Gasteiger partial charge < -0.3 is 4.55 Å². The van der Waals surface area contributed by atoms with Crippen molar-refractivity contribution in [1.29, 1.82) is 0 Å². The fourth-order valence-corrected chi connectivity index (χ4v) is 1.93. The first-order chi connectivity index (χ1) is 7.59. The van der Waals surface area contributed by atoms with Crippen LogP contribution in [0.1, 0.15) is 0 Å². The maximum atomic E-state index is 11.0. The minimum absolute atomic E-state index is 0. The second-order valence-electron chi connectivity index (χ2n) is 3.02. The Morgan fingerprint density at radius 2 is 1.71 bits per heavy atom. The van der Waals surface area contributed by atoms with Crippen molar-refractivity contribution < 1.29 is 42.5 Å². The average molecular weight is 258 g/mol. The summed E-state index contributed by atoms with van der Waals surface area (Å²) in [5.74, 6) is 0. The normalized spacial score (nSPS) is 10.6. The van der Waals surface area contributed by atoms with Crippen molar-refractivity contribution >= 4 is 10.1 Å². The molecule has 0 fully saturated rings. The fourth-order valence-electron chi connectivity index (χ4n) is 1.29. The quantitative estimate of drug-likeness (QED) is 0.462. The third-order valence-electron chi connectivity index (χ3n) is 1.95. The maximum absolute atomic E-state index is 11.0. The molecule has 0 unspecified atom stereocenters. The van der Waals surface area contributed by atoms with Crippen LogP contribution in [0, 0.1) is 0 Å². The van der Waals surface area contributed by atoms with Gasteiger partial charge in [-0.15, -0.1) is 0 Å². The SMILES string of the molecule is O=S(=O)([O-])c1cccnc1-c1ccccn1.[Na+]. The molecule has 0 aliphatic carbocycles.